The third kappa shape index (κ3) is 4.02. The lowest BCUT2D eigenvalue weighted by atomic mass is 9.97. The topological polar surface area (TPSA) is 58.6 Å². The monoisotopic (exact) mass is 331 g/mol. The minimum atomic E-state index is -0.843. The van der Waals surface area contributed by atoms with Crippen LogP contribution in [0.25, 0.3) is 0 Å². The van der Waals surface area contributed by atoms with E-state index < -0.39 is 12.0 Å². The zero-order chi connectivity index (χ0) is 15.6. The molecule has 2 atom stereocenters. The quantitative estimate of drug-likeness (QED) is 0.858. The molecule has 2 N–H and O–H groups in total. The van der Waals surface area contributed by atoms with Crippen LogP contribution >= 0.6 is 23.2 Å². The SMILES string of the molecule is CC(C)CC(NC1CCOc2c(Cl)cc(Cl)cc21)C(=O)O. The Morgan fingerprint density at radius 1 is 1.48 bits per heavy atom. The molecule has 21 heavy (non-hydrogen) atoms. The van der Waals surface area contributed by atoms with E-state index in [0.717, 1.165) is 5.56 Å². The molecular weight excluding hydrogens is 313 g/mol. The number of hydrogen-bond donors (Lipinski definition) is 2. The summed E-state index contributed by atoms with van der Waals surface area (Å²) in [6.07, 6.45) is 1.25. The fourth-order valence-electron chi connectivity index (χ4n) is 2.55. The molecule has 1 aliphatic heterocycles. The summed E-state index contributed by atoms with van der Waals surface area (Å²) in [5, 5.41) is 13.5. The average molecular weight is 332 g/mol. The second kappa shape index (κ2) is 6.86. The molecule has 0 fully saturated rings. The van der Waals surface area contributed by atoms with Crippen LogP contribution in [0.15, 0.2) is 12.1 Å². The lowest BCUT2D eigenvalue weighted by molar-refractivity contribution is -0.140. The third-order valence-corrected chi connectivity index (χ3v) is 3.97. The van der Waals surface area contributed by atoms with E-state index in [1.807, 2.05) is 13.8 Å². The predicted octanol–water partition coefficient (Wildman–Crippen LogP) is 3.91. The van der Waals surface area contributed by atoms with Crippen LogP contribution in [0.4, 0.5) is 0 Å². The summed E-state index contributed by atoms with van der Waals surface area (Å²) < 4.78 is 5.58. The number of aliphatic carboxylic acids is 1. The van der Waals surface area contributed by atoms with E-state index in [-0.39, 0.29) is 6.04 Å². The first-order valence-corrected chi connectivity index (χ1v) is 7.74. The van der Waals surface area contributed by atoms with Crippen LogP contribution in [-0.2, 0) is 4.79 Å². The lowest BCUT2D eigenvalue weighted by Crippen LogP contribution is -2.41. The zero-order valence-corrected chi connectivity index (χ0v) is 13.5. The van der Waals surface area contributed by atoms with E-state index in [9.17, 15) is 9.90 Å². The van der Waals surface area contributed by atoms with Crippen LogP contribution in [0.3, 0.4) is 0 Å². The van der Waals surface area contributed by atoms with Gasteiger partial charge in [-0.3, -0.25) is 10.1 Å². The van der Waals surface area contributed by atoms with Gasteiger partial charge in [-0.2, -0.15) is 0 Å². The molecule has 0 amide bonds. The maximum Gasteiger partial charge on any atom is 0.320 e. The number of hydrogen-bond acceptors (Lipinski definition) is 3. The number of rotatable bonds is 5. The molecule has 4 nitrogen and oxygen atoms in total. The summed E-state index contributed by atoms with van der Waals surface area (Å²) in [7, 11) is 0. The van der Waals surface area contributed by atoms with Gasteiger partial charge in [0.2, 0.25) is 0 Å². The smallest absolute Gasteiger partial charge is 0.320 e. The van der Waals surface area contributed by atoms with Gasteiger partial charge >= 0.3 is 5.97 Å². The molecule has 0 aromatic heterocycles. The van der Waals surface area contributed by atoms with E-state index in [1.54, 1.807) is 12.1 Å². The highest BCUT2D eigenvalue weighted by Crippen LogP contribution is 2.40. The highest BCUT2D eigenvalue weighted by Gasteiger charge is 2.29. The average Bonchev–Trinajstić information content (AvgIpc) is 2.38. The van der Waals surface area contributed by atoms with Crippen molar-refractivity contribution >= 4 is 29.2 Å². The minimum Gasteiger partial charge on any atom is -0.492 e. The van der Waals surface area contributed by atoms with E-state index in [2.05, 4.69) is 5.32 Å². The van der Waals surface area contributed by atoms with Gasteiger partial charge in [-0.15, -0.1) is 0 Å². The molecule has 1 aromatic rings. The molecule has 0 bridgehead atoms. The van der Waals surface area contributed by atoms with Crippen LogP contribution in [0.1, 0.15) is 38.3 Å². The van der Waals surface area contributed by atoms with Crippen LogP contribution < -0.4 is 10.1 Å². The molecule has 0 aliphatic carbocycles. The summed E-state index contributed by atoms with van der Waals surface area (Å²) in [6, 6.07) is 2.70. The minimum absolute atomic E-state index is 0.121. The number of halogens is 2. The Morgan fingerprint density at radius 3 is 2.81 bits per heavy atom. The largest absolute Gasteiger partial charge is 0.492 e. The lowest BCUT2D eigenvalue weighted by Gasteiger charge is -2.30. The van der Waals surface area contributed by atoms with E-state index in [1.165, 1.54) is 0 Å². The van der Waals surface area contributed by atoms with Crippen molar-refractivity contribution in [2.24, 2.45) is 5.92 Å². The van der Waals surface area contributed by atoms with Gasteiger partial charge in [0.1, 0.15) is 11.8 Å². The molecule has 116 valence electrons. The third-order valence-electron chi connectivity index (χ3n) is 3.47. The second-order valence-electron chi connectivity index (χ2n) is 5.68. The highest BCUT2D eigenvalue weighted by molar-refractivity contribution is 6.35. The number of benzene rings is 1. The summed E-state index contributed by atoms with van der Waals surface area (Å²) in [6.45, 7) is 4.51. The first-order chi connectivity index (χ1) is 9.88. The summed E-state index contributed by atoms with van der Waals surface area (Å²) in [4.78, 5) is 11.4. The van der Waals surface area contributed by atoms with Crippen molar-refractivity contribution in [3.63, 3.8) is 0 Å². The molecular formula is C15H19Cl2NO3. The number of nitrogens with one attached hydrogen (secondary N) is 1. The standard InChI is InChI=1S/C15H19Cl2NO3/c1-8(2)5-13(15(19)20)18-12-3-4-21-14-10(12)6-9(16)7-11(14)17/h6-8,12-13,18H,3-5H2,1-2H3,(H,19,20). The Labute approximate surface area is 134 Å². The van der Waals surface area contributed by atoms with Gasteiger partial charge in [-0.1, -0.05) is 37.0 Å². The maximum absolute atomic E-state index is 11.4. The molecule has 1 heterocycles. The Balaban J connectivity index is 2.24. The number of carboxylic acids is 1. The van der Waals surface area contributed by atoms with Crippen LogP contribution in [0, 0.1) is 5.92 Å². The summed E-state index contributed by atoms with van der Waals surface area (Å²) >= 11 is 12.2. The van der Waals surface area contributed by atoms with Gasteiger partial charge < -0.3 is 9.84 Å². The highest BCUT2D eigenvalue weighted by atomic mass is 35.5. The van der Waals surface area contributed by atoms with Crippen molar-refractivity contribution in [3.8, 4) is 5.75 Å². The van der Waals surface area contributed by atoms with E-state index in [0.29, 0.717) is 41.2 Å². The van der Waals surface area contributed by atoms with Gasteiger partial charge in [-0.05, 0) is 24.5 Å². The number of carbonyl (C=O) groups is 1. The first-order valence-electron chi connectivity index (χ1n) is 6.99. The van der Waals surface area contributed by atoms with Gasteiger partial charge in [0.25, 0.3) is 0 Å². The Morgan fingerprint density at radius 2 is 2.19 bits per heavy atom. The van der Waals surface area contributed by atoms with E-state index >= 15 is 0 Å². The predicted molar refractivity (Wildman–Crippen MR) is 83.3 cm³/mol. The summed E-state index contributed by atoms with van der Waals surface area (Å²) in [5.74, 6) is 0.0456. The molecule has 2 unspecified atom stereocenters. The normalized spacial score (nSPS) is 19.0. The van der Waals surface area contributed by atoms with Crippen LogP contribution in [-0.4, -0.2) is 23.7 Å². The molecule has 0 saturated carbocycles. The molecule has 1 aromatic carbocycles. The van der Waals surface area contributed by atoms with E-state index in [4.69, 9.17) is 27.9 Å². The maximum atomic E-state index is 11.4. The second-order valence-corrected chi connectivity index (χ2v) is 6.53. The Bertz CT molecular complexity index is 534. The molecule has 0 spiro atoms. The number of fused-ring (bicyclic) bond motifs is 1. The first kappa shape index (κ1) is 16.4. The van der Waals surface area contributed by atoms with Crippen molar-refractivity contribution in [1.82, 2.24) is 5.32 Å². The number of ether oxygens (including phenoxy) is 1. The molecule has 0 radical (unpaired) electrons. The van der Waals surface area contributed by atoms with Crippen molar-refractivity contribution in [2.75, 3.05) is 6.61 Å². The Hall–Kier alpha value is -0.970. The van der Waals surface area contributed by atoms with Crippen LogP contribution in [0.2, 0.25) is 10.0 Å². The summed E-state index contributed by atoms with van der Waals surface area (Å²) in [5.41, 5.74) is 0.828. The van der Waals surface area contributed by atoms with Crippen molar-refractivity contribution in [3.05, 3.63) is 27.7 Å². The fraction of sp³-hybridized carbons (Fsp3) is 0.533. The van der Waals surface area contributed by atoms with Gasteiger partial charge in [0.05, 0.1) is 11.6 Å². The van der Waals surface area contributed by atoms with Gasteiger partial charge in [0, 0.05) is 23.0 Å². The molecule has 0 saturated heterocycles. The zero-order valence-electron chi connectivity index (χ0n) is 12.0. The number of carboxylic acid groups (broad SMARTS) is 1. The van der Waals surface area contributed by atoms with Crippen LogP contribution in [0.5, 0.6) is 5.75 Å². The van der Waals surface area contributed by atoms with Gasteiger partial charge in [0.15, 0.2) is 0 Å². The van der Waals surface area contributed by atoms with Gasteiger partial charge in [-0.25, -0.2) is 0 Å². The molecule has 2 rings (SSSR count). The van der Waals surface area contributed by atoms with Crippen molar-refractivity contribution in [1.29, 1.82) is 0 Å². The Kier molecular flexibility index (Phi) is 5.36. The molecule has 6 heteroatoms. The molecule has 1 aliphatic rings. The van der Waals surface area contributed by atoms with Crippen molar-refractivity contribution in [2.45, 2.75) is 38.8 Å². The fourth-order valence-corrected chi connectivity index (χ4v) is 3.12. The van der Waals surface area contributed by atoms with Crippen molar-refractivity contribution < 1.29 is 14.6 Å².